The molecule has 0 aliphatic heterocycles. The predicted octanol–water partition coefficient (Wildman–Crippen LogP) is 2.44. The maximum absolute atomic E-state index is 12.3. The molecule has 0 atom stereocenters. The first-order chi connectivity index (χ1) is 8.81. The number of sulfonamides is 1. The summed E-state index contributed by atoms with van der Waals surface area (Å²) in [4.78, 5) is 0.0369. The van der Waals surface area contributed by atoms with Gasteiger partial charge in [-0.3, -0.25) is 4.72 Å². The number of anilines is 2. The molecule has 2 rings (SSSR count). The Morgan fingerprint density at radius 1 is 1.37 bits per heavy atom. The number of aryl methyl sites for hydroxylation is 2. The molecule has 2 aromatic rings. The number of nitrogens with one attached hydrogen (secondary N) is 1. The van der Waals surface area contributed by atoms with Gasteiger partial charge >= 0.3 is 0 Å². The molecule has 1 aromatic carbocycles. The number of nitrogens with two attached hydrogens (primary N) is 1. The van der Waals surface area contributed by atoms with Gasteiger partial charge in [0, 0.05) is 4.47 Å². The number of hydrogen-bond acceptors (Lipinski definition) is 5. The third-order valence-electron chi connectivity index (χ3n) is 2.49. The first kappa shape index (κ1) is 13.9. The van der Waals surface area contributed by atoms with Crippen molar-refractivity contribution in [2.24, 2.45) is 0 Å². The lowest BCUT2D eigenvalue weighted by Gasteiger charge is -2.10. The van der Waals surface area contributed by atoms with Gasteiger partial charge in [0.1, 0.15) is 5.69 Å². The number of aromatic nitrogens is 1. The highest BCUT2D eigenvalue weighted by Crippen LogP contribution is 2.27. The summed E-state index contributed by atoms with van der Waals surface area (Å²) in [6.45, 7) is 3.11. The van der Waals surface area contributed by atoms with Crippen molar-refractivity contribution in [2.75, 3.05) is 10.5 Å². The van der Waals surface area contributed by atoms with Gasteiger partial charge in [-0.1, -0.05) is 21.1 Å². The van der Waals surface area contributed by atoms with Gasteiger partial charge in [-0.25, -0.2) is 8.42 Å². The van der Waals surface area contributed by atoms with Crippen LogP contribution in [0.15, 0.2) is 32.1 Å². The van der Waals surface area contributed by atoms with E-state index in [4.69, 9.17) is 10.3 Å². The average Bonchev–Trinajstić information content (AvgIpc) is 2.63. The number of hydrogen-bond donors (Lipinski definition) is 2. The Morgan fingerprint density at radius 3 is 2.58 bits per heavy atom. The summed E-state index contributed by atoms with van der Waals surface area (Å²) in [6, 6.07) is 4.89. The average molecular weight is 346 g/mol. The van der Waals surface area contributed by atoms with Gasteiger partial charge in [0.05, 0.1) is 11.4 Å². The van der Waals surface area contributed by atoms with Crippen molar-refractivity contribution in [1.29, 1.82) is 0 Å². The van der Waals surface area contributed by atoms with Crippen LogP contribution >= 0.6 is 15.9 Å². The Balaban J connectivity index is 2.42. The second-order valence-corrected chi connectivity index (χ2v) is 6.53. The summed E-state index contributed by atoms with van der Waals surface area (Å²) in [5.41, 5.74) is 6.70. The Bertz CT molecular complexity index is 705. The van der Waals surface area contributed by atoms with E-state index in [9.17, 15) is 8.42 Å². The number of benzene rings is 1. The van der Waals surface area contributed by atoms with Crippen LogP contribution in [0.5, 0.6) is 0 Å². The van der Waals surface area contributed by atoms with E-state index in [1.165, 1.54) is 0 Å². The number of rotatable bonds is 3. The summed E-state index contributed by atoms with van der Waals surface area (Å²) >= 11 is 3.26. The molecule has 0 amide bonds. The quantitative estimate of drug-likeness (QED) is 0.832. The maximum Gasteiger partial charge on any atom is 0.267 e. The van der Waals surface area contributed by atoms with Gasteiger partial charge in [0.2, 0.25) is 0 Å². The van der Waals surface area contributed by atoms with Gasteiger partial charge in [-0.2, -0.15) is 0 Å². The van der Waals surface area contributed by atoms with Crippen molar-refractivity contribution >= 4 is 37.3 Å². The number of nitrogens with zero attached hydrogens (tertiary/aromatic N) is 1. The number of halogens is 1. The Labute approximate surface area is 119 Å². The molecule has 0 bridgehead atoms. The molecule has 0 saturated carbocycles. The van der Waals surface area contributed by atoms with Crippen molar-refractivity contribution in [2.45, 2.75) is 18.7 Å². The van der Waals surface area contributed by atoms with E-state index >= 15 is 0 Å². The lowest BCUT2D eigenvalue weighted by atomic mass is 10.3. The molecule has 6 nitrogen and oxygen atoms in total. The topological polar surface area (TPSA) is 98.2 Å². The third-order valence-corrected chi connectivity index (χ3v) is 4.60. The van der Waals surface area contributed by atoms with Gasteiger partial charge in [-0.15, -0.1) is 0 Å². The van der Waals surface area contributed by atoms with Crippen LogP contribution < -0.4 is 10.5 Å². The fourth-order valence-corrected chi connectivity index (χ4v) is 3.48. The van der Waals surface area contributed by atoms with Crippen LogP contribution in [-0.2, 0) is 10.0 Å². The molecule has 1 heterocycles. The van der Waals surface area contributed by atoms with Crippen molar-refractivity contribution in [1.82, 2.24) is 5.16 Å². The zero-order valence-electron chi connectivity index (χ0n) is 10.3. The second-order valence-electron chi connectivity index (χ2n) is 3.99. The maximum atomic E-state index is 12.3. The standard InChI is InChI=1S/C11H12BrN3O3S/c1-6-11(7(2)18-14-6)19(16,17)15-10-4-3-8(12)5-9(10)13/h3-5,15H,13H2,1-2H3. The molecule has 102 valence electrons. The Morgan fingerprint density at radius 2 is 2.05 bits per heavy atom. The summed E-state index contributed by atoms with van der Waals surface area (Å²) in [6.07, 6.45) is 0. The zero-order valence-corrected chi connectivity index (χ0v) is 12.7. The van der Waals surface area contributed by atoms with Gasteiger partial charge < -0.3 is 10.3 Å². The monoisotopic (exact) mass is 345 g/mol. The smallest absolute Gasteiger partial charge is 0.267 e. The van der Waals surface area contributed by atoms with E-state index in [1.807, 2.05) is 0 Å². The van der Waals surface area contributed by atoms with E-state index < -0.39 is 10.0 Å². The SMILES string of the molecule is Cc1noc(C)c1S(=O)(=O)Nc1ccc(Br)cc1N. The van der Waals surface area contributed by atoms with Crippen LogP contribution in [0.1, 0.15) is 11.5 Å². The van der Waals surface area contributed by atoms with Gasteiger partial charge in [-0.05, 0) is 32.0 Å². The van der Waals surface area contributed by atoms with E-state index in [0.29, 0.717) is 17.1 Å². The van der Waals surface area contributed by atoms with Gasteiger partial charge in [0.15, 0.2) is 10.7 Å². The minimum Gasteiger partial charge on any atom is -0.397 e. The summed E-state index contributed by atoms with van der Waals surface area (Å²) in [5, 5.41) is 3.63. The minimum absolute atomic E-state index is 0.0369. The summed E-state index contributed by atoms with van der Waals surface area (Å²) < 4.78 is 32.6. The van der Waals surface area contributed by atoms with Crippen LogP contribution in [0.2, 0.25) is 0 Å². The minimum atomic E-state index is -3.77. The fraction of sp³-hybridized carbons (Fsp3) is 0.182. The molecule has 0 spiro atoms. The first-order valence-electron chi connectivity index (χ1n) is 5.32. The van der Waals surface area contributed by atoms with E-state index in [0.717, 1.165) is 4.47 Å². The van der Waals surface area contributed by atoms with Crippen molar-refractivity contribution < 1.29 is 12.9 Å². The van der Waals surface area contributed by atoms with Crippen LogP contribution in [0, 0.1) is 13.8 Å². The Kier molecular flexibility index (Phi) is 3.55. The first-order valence-corrected chi connectivity index (χ1v) is 7.59. The molecule has 0 saturated heterocycles. The molecule has 3 N–H and O–H groups in total. The highest BCUT2D eigenvalue weighted by molar-refractivity contribution is 9.10. The van der Waals surface area contributed by atoms with E-state index in [2.05, 4.69) is 25.8 Å². The third kappa shape index (κ3) is 2.74. The van der Waals surface area contributed by atoms with Crippen LogP contribution in [0.3, 0.4) is 0 Å². The summed E-state index contributed by atoms with van der Waals surface area (Å²) in [5.74, 6) is 0.237. The molecule has 1 aromatic heterocycles. The molecule has 0 aliphatic rings. The van der Waals surface area contributed by atoms with Crippen LogP contribution in [-0.4, -0.2) is 13.6 Å². The van der Waals surface area contributed by atoms with Crippen LogP contribution in [0.4, 0.5) is 11.4 Å². The van der Waals surface area contributed by atoms with Crippen molar-refractivity contribution in [3.8, 4) is 0 Å². The second kappa shape index (κ2) is 4.86. The lowest BCUT2D eigenvalue weighted by Crippen LogP contribution is -2.15. The predicted molar refractivity (Wildman–Crippen MR) is 75.3 cm³/mol. The molecular weight excluding hydrogens is 334 g/mol. The molecule has 0 radical (unpaired) electrons. The number of nitrogen functional groups attached to an aromatic ring is 1. The van der Waals surface area contributed by atoms with Crippen molar-refractivity contribution in [3.05, 3.63) is 34.1 Å². The molecule has 0 unspecified atom stereocenters. The zero-order chi connectivity index (χ0) is 14.2. The van der Waals surface area contributed by atoms with E-state index in [1.54, 1.807) is 32.0 Å². The lowest BCUT2D eigenvalue weighted by molar-refractivity contribution is 0.390. The van der Waals surface area contributed by atoms with Gasteiger partial charge in [0.25, 0.3) is 10.0 Å². The van der Waals surface area contributed by atoms with Crippen LogP contribution in [0.25, 0.3) is 0 Å². The largest absolute Gasteiger partial charge is 0.397 e. The normalized spacial score (nSPS) is 11.5. The summed E-state index contributed by atoms with van der Waals surface area (Å²) in [7, 11) is -3.77. The molecular formula is C11H12BrN3O3S. The highest BCUT2D eigenvalue weighted by atomic mass is 79.9. The Hall–Kier alpha value is -1.54. The van der Waals surface area contributed by atoms with Crippen molar-refractivity contribution in [3.63, 3.8) is 0 Å². The fourth-order valence-electron chi connectivity index (χ4n) is 1.68. The molecule has 0 aliphatic carbocycles. The molecule has 0 fully saturated rings. The molecule has 19 heavy (non-hydrogen) atoms. The van der Waals surface area contributed by atoms with E-state index in [-0.39, 0.29) is 10.7 Å². The highest BCUT2D eigenvalue weighted by Gasteiger charge is 2.24. The molecule has 8 heteroatoms.